The Morgan fingerprint density at radius 3 is 2.50 bits per heavy atom. The summed E-state index contributed by atoms with van der Waals surface area (Å²) in [6, 6.07) is 12.1. The number of fused-ring (bicyclic) bond motifs is 1. The molecule has 12 nitrogen and oxygen atoms in total. The van der Waals surface area contributed by atoms with Crippen LogP contribution in [0.2, 0.25) is 0 Å². The van der Waals surface area contributed by atoms with Crippen molar-refractivity contribution in [2.75, 3.05) is 6.61 Å². The Kier molecular flexibility index (Phi) is 9.62. The number of aliphatic hydroxyl groups excluding tert-OH is 2. The Labute approximate surface area is 243 Å². The first-order chi connectivity index (χ1) is 19.7. The fourth-order valence-electron chi connectivity index (χ4n) is 4.28. The second-order valence-electron chi connectivity index (χ2n) is 9.92. The first-order valence-corrected chi connectivity index (χ1v) is 15.4. The summed E-state index contributed by atoms with van der Waals surface area (Å²) < 4.78 is 52.2. The van der Waals surface area contributed by atoms with Crippen LogP contribution in [0, 0.1) is 0 Å². The zero-order valence-electron chi connectivity index (χ0n) is 22.7. The van der Waals surface area contributed by atoms with E-state index in [2.05, 4.69) is 5.09 Å². The number of aliphatic hydroxyl groups is 2. The molecule has 1 saturated heterocycles. The standard InChI is InChI=1S/C26H30F2N3O9PS/c1-14(2)38-23(35)15(3)30-41(42,40-18-9-8-16-6-4-5-7-17(16)12-18)37-13-26(24(27)28)21(34)20(33)22(39-26)31-11-10-19(32)29-25(31)36/h4-12,14-15,20-22,24,33-34H,13H2,1-3H3,(H,30,42)(H,29,32,36)/t15-,20+,21-,22+,26+,41?/m0/s1. The van der Waals surface area contributed by atoms with E-state index in [4.69, 9.17) is 30.3 Å². The Balaban J connectivity index is 1.65. The highest BCUT2D eigenvalue weighted by Crippen LogP contribution is 2.49. The number of carbonyl (C=O) groups is 1. The van der Waals surface area contributed by atoms with E-state index in [-0.39, 0.29) is 5.75 Å². The first kappa shape index (κ1) is 31.9. The van der Waals surface area contributed by atoms with Crippen molar-refractivity contribution >= 4 is 35.2 Å². The van der Waals surface area contributed by atoms with Crippen LogP contribution in [0.5, 0.6) is 5.75 Å². The van der Waals surface area contributed by atoms with Crippen molar-refractivity contribution in [3.63, 3.8) is 0 Å². The molecule has 0 amide bonds. The van der Waals surface area contributed by atoms with Crippen molar-refractivity contribution in [1.82, 2.24) is 14.6 Å². The van der Waals surface area contributed by atoms with Gasteiger partial charge >= 0.3 is 18.3 Å². The lowest BCUT2D eigenvalue weighted by Crippen LogP contribution is -2.53. The molecule has 2 aromatic carbocycles. The second-order valence-corrected chi connectivity index (χ2v) is 13.1. The number of carbonyl (C=O) groups excluding carboxylic acids is 1. The minimum absolute atomic E-state index is 0.200. The molecule has 1 aromatic heterocycles. The van der Waals surface area contributed by atoms with Crippen LogP contribution in [0.15, 0.2) is 64.3 Å². The number of rotatable bonds is 11. The van der Waals surface area contributed by atoms with Gasteiger partial charge < -0.3 is 28.7 Å². The van der Waals surface area contributed by atoms with E-state index >= 15 is 0 Å². The molecule has 0 radical (unpaired) electrons. The number of H-pyrrole nitrogens is 1. The minimum Gasteiger partial charge on any atom is -0.462 e. The summed E-state index contributed by atoms with van der Waals surface area (Å²) in [4.78, 5) is 38.2. The maximum atomic E-state index is 14.6. The number of aromatic nitrogens is 2. The zero-order chi connectivity index (χ0) is 30.8. The molecule has 0 spiro atoms. The molecule has 2 heterocycles. The van der Waals surface area contributed by atoms with Gasteiger partial charge in [0, 0.05) is 12.3 Å². The molecule has 228 valence electrons. The topological polar surface area (TPSA) is 161 Å². The van der Waals surface area contributed by atoms with Crippen LogP contribution in [0.4, 0.5) is 8.78 Å². The van der Waals surface area contributed by atoms with Gasteiger partial charge in [0.2, 0.25) is 0 Å². The number of benzene rings is 2. The van der Waals surface area contributed by atoms with E-state index in [0.29, 0.717) is 4.57 Å². The van der Waals surface area contributed by atoms with Gasteiger partial charge in [-0.3, -0.25) is 19.1 Å². The van der Waals surface area contributed by atoms with Gasteiger partial charge in [-0.2, -0.15) is 0 Å². The number of hydrogen-bond donors (Lipinski definition) is 4. The fraction of sp³-hybridized carbons (Fsp3) is 0.423. The molecule has 1 aliphatic rings. The first-order valence-electron chi connectivity index (χ1n) is 12.8. The number of halogens is 2. The van der Waals surface area contributed by atoms with Gasteiger partial charge in [-0.05, 0) is 55.5 Å². The molecular weight excluding hydrogens is 599 g/mol. The number of alkyl halides is 2. The number of ether oxygens (including phenoxy) is 2. The van der Waals surface area contributed by atoms with Gasteiger partial charge in [-0.15, -0.1) is 0 Å². The SMILES string of the molecule is CC(C)OC(=O)[C@H](C)NP(=S)(OC[C@@]1(C(F)F)O[C@@H](n2ccc(=O)[nH]c2=O)[C@H](O)[C@@H]1O)Oc1ccc2ccccc2c1. The zero-order valence-corrected chi connectivity index (χ0v) is 24.4. The van der Waals surface area contributed by atoms with E-state index in [9.17, 15) is 33.4 Å². The van der Waals surface area contributed by atoms with Crippen molar-refractivity contribution in [3.8, 4) is 5.75 Å². The number of nitrogens with one attached hydrogen (secondary N) is 2. The van der Waals surface area contributed by atoms with Crippen molar-refractivity contribution < 1.29 is 42.3 Å². The van der Waals surface area contributed by atoms with Crippen molar-refractivity contribution in [1.29, 1.82) is 0 Å². The summed E-state index contributed by atoms with van der Waals surface area (Å²) in [5, 5.41) is 25.8. The van der Waals surface area contributed by atoms with Gasteiger partial charge in [0.25, 0.3) is 12.0 Å². The molecule has 42 heavy (non-hydrogen) atoms. The van der Waals surface area contributed by atoms with Crippen molar-refractivity contribution in [3.05, 3.63) is 75.6 Å². The number of aromatic amines is 1. The third-order valence-electron chi connectivity index (χ3n) is 6.41. The minimum atomic E-state index is -3.90. The lowest BCUT2D eigenvalue weighted by molar-refractivity contribution is -0.192. The van der Waals surface area contributed by atoms with Crippen LogP contribution >= 0.6 is 6.64 Å². The molecule has 16 heteroatoms. The molecule has 1 unspecified atom stereocenters. The third kappa shape index (κ3) is 6.78. The Bertz CT molecular complexity index is 1600. The molecule has 4 rings (SSSR count). The van der Waals surface area contributed by atoms with Gasteiger partial charge in [0.05, 0.1) is 12.7 Å². The van der Waals surface area contributed by atoms with Gasteiger partial charge in [0.15, 0.2) is 11.8 Å². The monoisotopic (exact) mass is 629 g/mol. The number of hydrogen-bond acceptors (Lipinski definition) is 10. The summed E-state index contributed by atoms with van der Waals surface area (Å²) >= 11 is 5.62. The van der Waals surface area contributed by atoms with Gasteiger partial charge in [-0.25, -0.2) is 18.7 Å². The predicted molar refractivity (Wildman–Crippen MR) is 151 cm³/mol. The van der Waals surface area contributed by atoms with E-state index in [1.807, 2.05) is 29.2 Å². The molecular formula is C26H30F2N3O9PS. The molecule has 0 aliphatic carbocycles. The van der Waals surface area contributed by atoms with Crippen LogP contribution in [0.25, 0.3) is 10.8 Å². The average Bonchev–Trinajstić information content (AvgIpc) is 3.17. The van der Waals surface area contributed by atoms with Gasteiger partial charge in [-0.1, -0.05) is 30.3 Å². The third-order valence-corrected chi connectivity index (χ3v) is 8.89. The quantitative estimate of drug-likeness (QED) is 0.182. The average molecular weight is 630 g/mol. The molecule has 3 aromatic rings. The van der Waals surface area contributed by atoms with Crippen LogP contribution in [0.1, 0.15) is 27.0 Å². The highest BCUT2D eigenvalue weighted by Gasteiger charge is 2.61. The maximum Gasteiger partial charge on any atom is 0.330 e. The Hall–Kier alpha value is -3.04. The summed E-state index contributed by atoms with van der Waals surface area (Å²) in [5.74, 6) is -0.510. The molecule has 4 N–H and O–H groups in total. The van der Waals surface area contributed by atoms with E-state index in [1.54, 1.807) is 32.0 Å². The van der Waals surface area contributed by atoms with Crippen molar-refractivity contribution in [2.24, 2.45) is 0 Å². The largest absolute Gasteiger partial charge is 0.462 e. The second kappa shape index (κ2) is 12.7. The fourth-order valence-corrected chi connectivity index (χ4v) is 6.70. The highest BCUT2D eigenvalue weighted by atomic mass is 32.5. The summed E-state index contributed by atoms with van der Waals surface area (Å²) in [6.45, 7) is -0.319. The van der Waals surface area contributed by atoms with E-state index in [0.717, 1.165) is 23.0 Å². The van der Waals surface area contributed by atoms with E-state index in [1.165, 1.54) is 6.92 Å². The van der Waals surface area contributed by atoms with E-state index < -0.39 is 73.1 Å². The van der Waals surface area contributed by atoms with Crippen molar-refractivity contribution in [2.45, 2.75) is 63.4 Å². The number of esters is 1. The summed E-state index contributed by atoms with van der Waals surface area (Å²) in [6.07, 6.45) is -9.10. The molecule has 0 saturated carbocycles. The summed E-state index contributed by atoms with van der Waals surface area (Å²) in [7, 11) is 0. The predicted octanol–water partition coefficient (Wildman–Crippen LogP) is 2.19. The lowest BCUT2D eigenvalue weighted by atomic mass is 9.96. The van der Waals surface area contributed by atoms with Gasteiger partial charge in [0.1, 0.15) is 24.0 Å². The normalized spacial score (nSPS) is 24.5. The molecule has 1 aliphatic heterocycles. The smallest absolute Gasteiger partial charge is 0.330 e. The molecule has 6 atom stereocenters. The van der Waals surface area contributed by atoms with Crippen LogP contribution in [-0.2, 0) is 30.6 Å². The molecule has 0 bridgehead atoms. The maximum absolute atomic E-state index is 14.6. The van der Waals surface area contributed by atoms with Crippen LogP contribution in [-0.4, -0.2) is 68.7 Å². The lowest BCUT2D eigenvalue weighted by Gasteiger charge is -2.34. The summed E-state index contributed by atoms with van der Waals surface area (Å²) in [5.41, 5.74) is -4.72. The Morgan fingerprint density at radius 1 is 1.17 bits per heavy atom. The Morgan fingerprint density at radius 2 is 1.86 bits per heavy atom. The number of nitrogens with zero attached hydrogens (tertiary/aromatic N) is 1. The molecule has 1 fully saturated rings. The van der Waals surface area contributed by atoms with Crippen LogP contribution < -0.4 is 20.9 Å². The van der Waals surface area contributed by atoms with Crippen LogP contribution in [0.3, 0.4) is 0 Å². The highest BCUT2D eigenvalue weighted by molar-refractivity contribution is 8.09.